The van der Waals surface area contributed by atoms with E-state index in [1.54, 1.807) is 35.3 Å². The number of aryl methyl sites for hydroxylation is 2. The Balaban J connectivity index is 1.51. The fraction of sp³-hybridized carbons (Fsp3) is 0.182. The van der Waals surface area contributed by atoms with Crippen LogP contribution in [0.25, 0.3) is 27.5 Å². The van der Waals surface area contributed by atoms with Gasteiger partial charge in [0.25, 0.3) is 11.2 Å². The molecular weight excluding hydrogens is 550 g/mol. The Labute approximate surface area is 246 Å². The Bertz CT molecular complexity index is 1900. The summed E-state index contributed by atoms with van der Waals surface area (Å²) in [6.07, 6.45) is 0.841. The summed E-state index contributed by atoms with van der Waals surface area (Å²) in [7, 11) is 1.62. The van der Waals surface area contributed by atoms with Crippen molar-refractivity contribution in [2.24, 2.45) is 0 Å². The number of Topliss-reactive ketones (excluding diaryl/α,β-unsaturated/α-hetero) is 1. The van der Waals surface area contributed by atoms with Crippen LogP contribution in [0.5, 0.6) is 5.75 Å². The lowest BCUT2D eigenvalue weighted by Gasteiger charge is -2.28. The van der Waals surface area contributed by atoms with Crippen molar-refractivity contribution in [1.82, 2.24) is 9.55 Å². The van der Waals surface area contributed by atoms with Crippen LogP contribution in [0.3, 0.4) is 0 Å². The van der Waals surface area contributed by atoms with Gasteiger partial charge in [0.05, 0.1) is 23.3 Å². The maximum atomic E-state index is 14.3. The SMILES string of the molecule is COc1ccc([C@H]2CC(=O)c3cc(-c4nc(-c5cccc([N+](=O)[O-])c5)cs4)c(=O)n(-c4cc(C)cc(C)c4)c3C2)cc1. The van der Waals surface area contributed by atoms with Gasteiger partial charge >= 0.3 is 0 Å². The average molecular weight is 578 g/mol. The predicted octanol–water partition coefficient (Wildman–Crippen LogP) is 7.07. The van der Waals surface area contributed by atoms with Crippen LogP contribution in [-0.2, 0) is 6.42 Å². The van der Waals surface area contributed by atoms with Gasteiger partial charge in [-0.05, 0) is 73.2 Å². The average Bonchev–Trinajstić information content (AvgIpc) is 3.46. The van der Waals surface area contributed by atoms with Crippen molar-refractivity contribution >= 4 is 22.8 Å². The first-order valence-corrected chi connectivity index (χ1v) is 14.3. The molecule has 3 aromatic carbocycles. The smallest absolute Gasteiger partial charge is 0.270 e. The van der Waals surface area contributed by atoms with Gasteiger partial charge in [-0.1, -0.05) is 30.3 Å². The molecule has 1 aliphatic carbocycles. The molecule has 0 bridgehead atoms. The number of fused-ring (bicyclic) bond motifs is 1. The molecule has 1 atom stereocenters. The molecule has 6 rings (SSSR count). The number of hydrogen-bond acceptors (Lipinski definition) is 7. The molecule has 2 heterocycles. The van der Waals surface area contributed by atoms with E-state index in [-0.39, 0.29) is 22.9 Å². The first-order valence-electron chi connectivity index (χ1n) is 13.5. The molecule has 0 aliphatic heterocycles. The normalized spacial score (nSPS) is 14.5. The van der Waals surface area contributed by atoms with E-state index in [1.165, 1.54) is 23.5 Å². The second-order valence-electron chi connectivity index (χ2n) is 10.6. The molecule has 0 amide bonds. The number of carbonyl (C=O) groups is 1. The zero-order valence-corrected chi connectivity index (χ0v) is 24.1. The molecule has 0 saturated carbocycles. The van der Waals surface area contributed by atoms with Crippen molar-refractivity contribution in [1.29, 1.82) is 0 Å². The van der Waals surface area contributed by atoms with Gasteiger partial charge in [-0.25, -0.2) is 4.98 Å². The summed E-state index contributed by atoms with van der Waals surface area (Å²) in [5, 5.41) is 13.5. The summed E-state index contributed by atoms with van der Waals surface area (Å²) < 4.78 is 6.98. The van der Waals surface area contributed by atoms with Gasteiger partial charge in [-0.15, -0.1) is 11.3 Å². The number of nitro groups is 1. The third-order valence-corrected chi connectivity index (χ3v) is 8.49. The second kappa shape index (κ2) is 10.8. The fourth-order valence-electron chi connectivity index (χ4n) is 5.66. The molecule has 0 radical (unpaired) electrons. The van der Waals surface area contributed by atoms with Crippen LogP contribution in [0.1, 0.15) is 45.1 Å². The molecule has 5 aromatic rings. The largest absolute Gasteiger partial charge is 0.497 e. The van der Waals surface area contributed by atoms with Crippen molar-refractivity contribution in [3.05, 3.63) is 127 Å². The summed E-state index contributed by atoms with van der Waals surface area (Å²) in [4.78, 5) is 43.5. The third kappa shape index (κ3) is 5.03. The van der Waals surface area contributed by atoms with E-state index in [9.17, 15) is 19.7 Å². The van der Waals surface area contributed by atoms with Crippen LogP contribution >= 0.6 is 11.3 Å². The molecule has 0 fully saturated rings. The molecule has 0 unspecified atom stereocenters. The van der Waals surface area contributed by atoms with E-state index in [2.05, 4.69) is 0 Å². The first-order chi connectivity index (χ1) is 20.2. The van der Waals surface area contributed by atoms with E-state index in [4.69, 9.17) is 9.72 Å². The Morgan fingerprint density at radius 1 is 0.952 bits per heavy atom. The third-order valence-electron chi connectivity index (χ3n) is 7.61. The minimum absolute atomic E-state index is 0.0353. The van der Waals surface area contributed by atoms with Crippen molar-refractivity contribution in [3.63, 3.8) is 0 Å². The van der Waals surface area contributed by atoms with E-state index in [0.717, 1.165) is 22.4 Å². The summed E-state index contributed by atoms with van der Waals surface area (Å²) >= 11 is 1.27. The highest BCUT2D eigenvalue weighted by Gasteiger charge is 2.31. The lowest BCUT2D eigenvalue weighted by Crippen LogP contribution is -2.31. The lowest BCUT2D eigenvalue weighted by molar-refractivity contribution is -0.384. The van der Waals surface area contributed by atoms with E-state index >= 15 is 0 Å². The molecule has 0 saturated heterocycles. The van der Waals surface area contributed by atoms with Crippen molar-refractivity contribution in [2.75, 3.05) is 7.11 Å². The fourth-order valence-corrected chi connectivity index (χ4v) is 6.50. The predicted molar refractivity (Wildman–Crippen MR) is 163 cm³/mol. The van der Waals surface area contributed by atoms with Gasteiger partial charge < -0.3 is 4.74 Å². The minimum atomic E-state index is -0.451. The van der Waals surface area contributed by atoms with Crippen molar-refractivity contribution in [2.45, 2.75) is 32.6 Å². The number of rotatable bonds is 6. The number of nitrogens with zero attached hydrogens (tertiary/aromatic N) is 3. The molecule has 2 aromatic heterocycles. The van der Waals surface area contributed by atoms with Crippen LogP contribution in [0.4, 0.5) is 5.69 Å². The molecular formula is C33H27N3O5S. The summed E-state index contributed by atoms with van der Waals surface area (Å²) in [5.41, 5.74) is 6.06. The van der Waals surface area contributed by atoms with Crippen LogP contribution < -0.4 is 10.3 Å². The number of methoxy groups -OCH3 is 1. The number of pyridine rings is 1. The highest BCUT2D eigenvalue weighted by Crippen LogP contribution is 2.37. The van der Waals surface area contributed by atoms with E-state index < -0.39 is 4.92 Å². The number of nitro benzene ring substituents is 1. The number of thiazole rings is 1. The second-order valence-corrected chi connectivity index (χ2v) is 11.4. The molecule has 42 heavy (non-hydrogen) atoms. The molecule has 0 spiro atoms. The zero-order chi connectivity index (χ0) is 29.5. The number of hydrogen-bond donors (Lipinski definition) is 0. The maximum absolute atomic E-state index is 14.3. The van der Waals surface area contributed by atoms with E-state index in [1.807, 2.05) is 56.3 Å². The van der Waals surface area contributed by atoms with Gasteiger partial charge in [0.1, 0.15) is 10.8 Å². The number of benzene rings is 3. The Morgan fingerprint density at radius 2 is 1.69 bits per heavy atom. The van der Waals surface area contributed by atoms with Crippen molar-refractivity contribution in [3.8, 4) is 33.3 Å². The number of ether oxygens (including phenoxy) is 1. The maximum Gasteiger partial charge on any atom is 0.270 e. The van der Waals surface area contributed by atoms with Gasteiger partial charge in [-0.3, -0.25) is 24.3 Å². The molecule has 8 nitrogen and oxygen atoms in total. The molecule has 0 N–H and O–H groups in total. The summed E-state index contributed by atoms with van der Waals surface area (Å²) in [5.74, 6) is 0.622. The van der Waals surface area contributed by atoms with Gasteiger partial charge in [0, 0.05) is 46.4 Å². The Morgan fingerprint density at radius 3 is 2.38 bits per heavy atom. The topological polar surface area (TPSA) is 104 Å². The van der Waals surface area contributed by atoms with E-state index in [0.29, 0.717) is 51.6 Å². The Kier molecular flexibility index (Phi) is 7.04. The number of carbonyl (C=O) groups excluding carboxylic acids is 1. The van der Waals surface area contributed by atoms with Gasteiger partial charge in [-0.2, -0.15) is 0 Å². The van der Waals surface area contributed by atoms with Gasteiger partial charge in [0.15, 0.2) is 5.78 Å². The highest BCUT2D eigenvalue weighted by atomic mass is 32.1. The van der Waals surface area contributed by atoms with Gasteiger partial charge in [0.2, 0.25) is 0 Å². The summed E-state index contributed by atoms with van der Waals surface area (Å²) in [6.45, 7) is 3.96. The molecule has 9 heteroatoms. The highest BCUT2D eigenvalue weighted by molar-refractivity contribution is 7.13. The van der Waals surface area contributed by atoms with Crippen LogP contribution in [0.15, 0.2) is 83.0 Å². The molecule has 1 aliphatic rings. The van der Waals surface area contributed by atoms with Crippen LogP contribution in [0.2, 0.25) is 0 Å². The van der Waals surface area contributed by atoms with Crippen LogP contribution in [0, 0.1) is 24.0 Å². The quantitative estimate of drug-likeness (QED) is 0.158. The van der Waals surface area contributed by atoms with Crippen molar-refractivity contribution < 1.29 is 14.5 Å². The number of ketones is 1. The Hall–Kier alpha value is -4.89. The zero-order valence-electron chi connectivity index (χ0n) is 23.3. The number of non-ortho nitro benzene ring substituents is 1. The number of aromatic nitrogens is 2. The standard InChI is InChI=1S/C33H27N3O5S/c1-19-11-20(2)13-25(12-19)35-30-15-23(21-7-9-26(41-3)10-8-21)16-31(37)27(30)17-28(33(35)38)32-34-29(18-42-32)22-5-4-6-24(14-22)36(39)40/h4-14,17-18,23H,15-16H2,1-3H3/t23-/m1/s1. The lowest BCUT2D eigenvalue weighted by atomic mass is 9.81. The monoisotopic (exact) mass is 577 g/mol. The minimum Gasteiger partial charge on any atom is -0.497 e. The summed E-state index contributed by atoms with van der Waals surface area (Å²) in [6, 6.07) is 21.6. The molecule has 210 valence electrons. The van der Waals surface area contributed by atoms with Crippen LogP contribution in [-0.4, -0.2) is 27.4 Å². The first kappa shape index (κ1) is 27.3.